The van der Waals surface area contributed by atoms with Crippen LogP contribution in [0.4, 0.5) is 5.69 Å². The predicted molar refractivity (Wildman–Crippen MR) is 47.3 cm³/mol. The number of carboxylic acid groups (broad SMARTS) is 1. The molecule has 0 saturated heterocycles. The molecule has 1 aromatic carbocycles. The van der Waals surface area contributed by atoms with Crippen LogP contribution in [0.1, 0.15) is 21.5 Å². The minimum absolute atomic E-state index is 0.0116. The van der Waals surface area contributed by atoms with Gasteiger partial charge < -0.3 is 10.8 Å². The number of aromatic carboxylic acids is 1. The molecule has 1 aromatic rings. The Kier molecular flexibility index (Phi) is 2.20. The third-order valence-corrected chi connectivity index (χ3v) is 1.77. The number of rotatable bonds is 1. The third-order valence-electron chi connectivity index (χ3n) is 1.77. The fraction of sp³-hybridized carbons (Fsp3) is 0.111. The average molecular weight is 176 g/mol. The lowest BCUT2D eigenvalue weighted by Crippen LogP contribution is -2.06. The van der Waals surface area contributed by atoms with Crippen molar-refractivity contribution in [3.05, 3.63) is 28.8 Å². The molecule has 0 unspecified atom stereocenters. The van der Waals surface area contributed by atoms with Gasteiger partial charge in [0.05, 0.1) is 16.8 Å². The van der Waals surface area contributed by atoms with Crippen molar-refractivity contribution in [3.8, 4) is 6.07 Å². The second-order valence-electron chi connectivity index (χ2n) is 2.64. The molecule has 0 bridgehead atoms. The summed E-state index contributed by atoms with van der Waals surface area (Å²) < 4.78 is 0. The molecule has 0 aliphatic rings. The Morgan fingerprint density at radius 2 is 2.23 bits per heavy atom. The number of hydrogen-bond acceptors (Lipinski definition) is 3. The first-order chi connectivity index (χ1) is 6.07. The molecule has 3 N–H and O–H groups in total. The molecule has 4 heteroatoms. The standard InChI is InChI=1S/C9H8N2O2/c1-5-2-3-7(11)6(4-10)8(5)9(12)13/h2-3H,11H2,1H3,(H,12,13). The number of aryl methyl sites for hydroxylation is 1. The highest BCUT2D eigenvalue weighted by Crippen LogP contribution is 2.19. The maximum absolute atomic E-state index is 10.7. The largest absolute Gasteiger partial charge is 0.478 e. The highest BCUT2D eigenvalue weighted by atomic mass is 16.4. The molecule has 0 radical (unpaired) electrons. The molecule has 0 spiro atoms. The number of anilines is 1. The molecule has 0 amide bonds. The number of nitrogen functional groups attached to an aromatic ring is 1. The average Bonchev–Trinajstić information content (AvgIpc) is 2.07. The lowest BCUT2D eigenvalue weighted by molar-refractivity contribution is 0.0696. The second kappa shape index (κ2) is 3.15. The summed E-state index contributed by atoms with van der Waals surface area (Å²) in [4.78, 5) is 10.7. The Morgan fingerprint density at radius 3 is 2.62 bits per heavy atom. The Morgan fingerprint density at radius 1 is 1.62 bits per heavy atom. The number of carboxylic acids is 1. The van der Waals surface area contributed by atoms with Crippen LogP contribution >= 0.6 is 0 Å². The highest BCUT2D eigenvalue weighted by molar-refractivity contribution is 5.94. The van der Waals surface area contributed by atoms with E-state index in [9.17, 15) is 4.79 Å². The summed E-state index contributed by atoms with van der Waals surface area (Å²) in [6.07, 6.45) is 0. The smallest absolute Gasteiger partial charge is 0.337 e. The minimum Gasteiger partial charge on any atom is -0.478 e. The maximum Gasteiger partial charge on any atom is 0.337 e. The lowest BCUT2D eigenvalue weighted by Gasteiger charge is -2.04. The molecule has 0 aliphatic heterocycles. The molecule has 0 aromatic heterocycles. The lowest BCUT2D eigenvalue weighted by atomic mass is 10.0. The Bertz CT molecular complexity index is 405. The third kappa shape index (κ3) is 1.44. The Labute approximate surface area is 75.2 Å². The number of hydrogen-bond donors (Lipinski definition) is 2. The first kappa shape index (κ1) is 9.07. The van der Waals surface area contributed by atoms with Crippen LogP contribution < -0.4 is 5.73 Å². The second-order valence-corrected chi connectivity index (χ2v) is 2.64. The number of nitrogens with two attached hydrogens (primary N) is 1. The molecule has 0 fully saturated rings. The normalized spacial score (nSPS) is 9.23. The van der Waals surface area contributed by atoms with Gasteiger partial charge in [-0.05, 0) is 18.6 Å². The quantitative estimate of drug-likeness (QED) is 0.628. The highest BCUT2D eigenvalue weighted by Gasteiger charge is 2.15. The van der Waals surface area contributed by atoms with Gasteiger partial charge in [0.15, 0.2) is 0 Å². The SMILES string of the molecule is Cc1ccc(N)c(C#N)c1C(=O)O. The summed E-state index contributed by atoms with van der Waals surface area (Å²) in [5.74, 6) is -1.12. The van der Waals surface area contributed by atoms with Gasteiger partial charge in [-0.25, -0.2) is 4.79 Å². The summed E-state index contributed by atoms with van der Waals surface area (Å²) in [6.45, 7) is 1.63. The van der Waals surface area contributed by atoms with Crippen molar-refractivity contribution in [3.63, 3.8) is 0 Å². The van der Waals surface area contributed by atoms with Crippen molar-refractivity contribution in [1.29, 1.82) is 5.26 Å². The zero-order chi connectivity index (χ0) is 10.0. The van der Waals surface area contributed by atoms with E-state index in [1.54, 1.807) is 19.1 Å². The van der Waals surface area contributed by atoms with Gasteiger partial charge >= 0.3 is 5.97 Å². The van der Waals surface area contributed by atoms with Gasteiger partial charge in [0.2, 0.25) is 0 Å². The van der Waals surface area contributed by atoms with Crippen LogP contribution in [0.5, 0.6) is 0 Å². The van der Waals surface area contributed by atoms with E-state index in [2.05, 4.69) is 0 Å². The van der Waals surface area contributed by atoms with Crippen LogP contribution in [0.3, 0.4) is 0 Å². The first-order valence-corrected chi connectivity index (χ1v) is 3.60. The number of carbonyl (C=O) groups is 1. The molecule has 0 saturated carbocycles. The molecular weight excluding hydrogens is 168 g/mol. The van der Waals surface area contributed by atoms with Crippen molar-refractivity contribution >= 4 is 11.7 Å². The van der Waals surface area contributed by atoms with E-state index >= 15 is 0 Å². The van der Waals surface area contributed by atoms with E-state index in [0.29, 0.717) is 5.56 Å². The molecule has 0 atom stereocenters. The summed E-state index contributed by atoms with van der Waals surface area (Å²) in [5, 5.41) is 17.5. The van der Waals surface area contributed by atoms with Crippen LogP contribution in [-0.2, 0) is 0 Å². The summed E-state index contributed by atoms with van der Waals surface area (Å²) in [7, 11) is 0. The van der Waals surface area contributed by atoms with E-state index in [4.69, 9.17) is 16.1 Å². The minimum atomic E-state index is -1.12. The maximum atomic E-state index is 10.7. The predicted octanol–water partition coefficient (Wildman–Crippen LogP) is 1.15. The van der Waals surface area contributed by atoms with E-state index in [0.717, 1.165) is 0 Å². The Hall–Kier alpha value is -2.02. The van der Waals surface area contributed by atoms with E-state index in [1.807, 2.05) is 0 Å². The number of nitriles is 1. The zero-order valence-electron chi connectivity index (χ0n) is 7.03. The van der Waals surface area contributed by atoms with Crippen LogP contribution in [0.15, 0.2) is 12.1 Å². The molecule has 13 heavy (non-hydrogen) atoms. The van der Waals surface area contributed by atoms with E-state index in [-0.39, 0.29) is 16.8 Å². The zero-order valence-corrected chi connectivity index (χ0v) is 7.03. The van der Waals surface area contributed by atoms with Gasteiger partial charge in [0, 0.05) is 0 Å². The van der Waals surface area contributed by atoms with Gasteiger partial charge in [-0.1, -0.05) is 6.07 Å². The van der Waals surface area contributed by atoms with Crippen molar-refractivity contribution in [2.24, 2.45) is 0 Å². The van der Waals surface area contributed by atoms with Gasteiger partial charge in [0.1, 0.15) is 6.07 Å². The van der Waals surface area contributed by atoms with Crippen LogP contribution in [0.25, 0.3) is 0 Å². The van der Waals surface area contributed by atoms with Crippen molar-refractivity contribution in [1.82, 2.24) is 0 Å². The van der Waals surface area contributed by atoms with Crippen LogP contribution in [0, 0.1) is 18.3 Å². The van der Waals surface area contributed by atoms with Crippen molar-refractivity contribution in [2.45, 2.75) is 6.92 Å². The van der Waals surface area contributed by atoms with Gasteiger partial charge in [0.25, 0.3) is 0 Å². The summed E-state index contributed by atoms with van der Waals surface area (Å²) in [5.41, 5.74) is 6.22. The summed E-state index contributed by atoms with van der Waals surface area (Å²) >= 11 is 0. The fourth-order valence-corrected chi connectivity index (χ4v) is 1.12. The number of benzene rings is 1. The van der Waals surface area contributed by atoms with Crippen LogP contribution in [-0.4, -0.2) is 11.1 Å². The molecule has 1 rings (SSSR count). The van der Waals surface area contributed by atoms with Crippen LogP contribution in [0.2, 0.25) is 0 Å². The molecule has 66 valence electrons. The molecular formula is C9H8N2O2. The molecule has 4 nitrogen and oxygen atoms in total. The first-order valence-electron chi connectivity index (χ1n) is 3.60. The van der Waals surface area contributed by atoms with Crippen molar-refractivity contribution < 1.29 is 9.90 Å². The van der Waals surface area contributed by atoms with Gasteiger partial charge in [-0.15, -0.1) is 0 Å². The van der Waals surface area contributed by atoms with E-state index < -0.39 is 5.97 Å². The summed E-state index contributed by atoms with van der Waals surface area (Å²) in [6, 6.07) is 4.89. The fourth-order valence-electron chi connectivity index (χ4n) is 1.12. The number of nitrogens with zero attached hydrogens (tertiary/aromatic N) is 1. The molecule has 0 heterocycles. The van der Waals surface area contributed by atoms with Gasteiger partial charge in [-0.3, -0.25) is 0 Å². The Balaban J connectivity index is 3.55. The van der Waals surface area contributed by atoms with E-state index in [1.165, 1.54) is 6.07 Å². The van der Waals surface area contributed by atoms with Gasteiger partial charge in [-0.2, -0.15) is 5.26 Å². The molecule has 0 aliphatic carbocycles. The topological polar surface area (TPSA) is 87.1 Å². The monoisotopic (exact) mass is 176 g/mol. The van der Waals surface area contributed by atoms with Crippen molar-refractivity contribution in [2.75, 3.05) is 5.73 Å².